The average molecular weight is 439 g/mol. The molecule has 0 amide bonds. The number of anilines is 1. The highest BCUT2D eigenvalue weighted by molar-refractivity contribution is 6.19. The molecule has 3 rings (SSSR count). The molecule has 0 N–H and O–H groups in total. The van der Waals surface area contributed by atoms with Crippen molar-refractivity contribution in [1.82, 2.24) is 0 Å². The summed E-state index contributed by atoms with van der Waals surface area (Å²) in [4.78, 5) is 25.5. The van der Waals surface area contributed by atoms with E-state index in [-0.39, 0.29) is 23.0 Å². The Balaban J connectivity index is 2.31. The number of carbonyl (C=O) groups is 2. The number of carbonyl (C=O) groups excluding carboxylic acids is 2. The molecule has 0 saturated heterocycles. The van der Waals surface area contributed by atoms with Crippen LogP contribution in [0.5, 0.6) is 0 Å². The summed E-state index contributed by atoms with van der Waals surface area (Å²) < 4.78 is 79.2. The van der Waals surface area contributed by atoms with Crippen LogP contribution in [0.3, 0.4) is 0 Å². The van der Waals surface area contributed by atoms with E-state index in [1.807, 2.05) is 0 Å². The Morgan fingerprint density at radius 1 is 0.742 bits per heavy atom. The van der Waals surface area contributed by atoms with E-state index in [1.165, 1.54) is 36.2 Å². The number of hydrogen-bond acceptors (Lipinski definition) is 3. The van der Waals surface area contributed by atoms with Crippen molar-refractivity contribution < 1.29 is 35.9 Å². The van der Waals surface area contributed by atoms with Gasteiger partial charge in [0, 0.05) is 24.5 Å². The summed E-state index contributed by atoms with van der Waals surface area (Å²) in [6, 6.07) is 14.3. The summed E-state index contributed by atoms with van der Waals surface area (Å²) in [7, 11) is 1.42. The number of Topliss-reactive ketones (excluding diaryl/α,β-unsaturated/α-hetero) is 2. The number of ketones is 2. The standard InChI is InChI=1S/C22H15F6NO2/c1-29(12-13-7-3-2-4-8-13)18-15-10-6-5-9-14(15)16(19(30)21(23,24)25)11-17(18)20(31)22(26,27)28/h2-11H,12H2,1H3. The highest BCUT2D eigenvalue weighted by Gasteiger charge is 2.44. The Labute approximate surface area is 172 Å². The van der Waals surface area contributed by atoms with Crippen LogP contribution in [0.25, 0.3) is 10.8 Å². The highest BCUT2D eigenvalue weighted by Crippen LogP contribution is 2.38. The Hall–Kier alpha value is -3.36. The van der Waals surface area contributed by atoms with Crippen molar-refractivity contribution in [3.05, 3.63) is 77.4 Å². The molecule has 3 aromatic carbocycles. The van der Waals surface area contributed by atoms with Crippen molar-refractivity contribution in [2.24, 2.45) is 0 Å². The fourth-order valence-electron chi connectivity index (χ4n) is 3.37. The van der Waals surface area contributed by atoms with Crippen molar-refractivity contribution in [1.29, 1.82) is 0 Å². The Morgan fingerprint density at radius 3 is 1.77 bits per heavy atom. The Morgan fingerprint density at radius 2 is 1.23 bits per heavy atom. The van der Waals surface area contributed by atoms with Crippen LogP contribution in [0.1, 0.15) is 26.3 Å². The number of halogens is 6. The van der Waals surface area contributed by atoms with Gasteiger partial charge in [0.2, 0.25) is 0 Å². The second-order valence-corrected chi connectivity index (χ2v) is 6.86. The van der Waals surface area contributed by atoms with E-state index in [2.05, 4.69) is 0 Å². The first kappa shape index (κ1) is 22.3. The lowest BCUT2D eigenvalue weighted by Crippen LogP contribution is -2.29. The van der Waals surface area contributed by atoms with Gasteiger partial charge in [-0.1, -0.05) is 54.6 Å². The minimum Gasteiger partial charge on any atom is -0.369 e. The van der Waals surface area contributed by atoms with Gasteiger partial charge in [-0.25, -0.2) is 0 Å². The van der Waals surface area contributed by atoms with Crippen LogP contribution < -0.4 is 4.90 Å². The van der Waals surface area contributed by atoms with Gasteiger partial charge in [0.15, 0.2) is 0 Å². The van der Waals surface area contributed by atoms with E-state index in [0.717, 1.165) is 0 Å². The molecular formula is C22H15F6NO2. The lowest BCUT2D eigenvalue weighted by atomic mass is 9.93. The van der Waals surface area contributed by atoms with Crippen LogP contribution in [-0.4, -0.2) is 31.0 Å². The monoisotopic (exact) mass is 439 g/mol. The second-order valence-electron chi connectivity index (χ2n) is 6.86. The van der Waals surface area contributed by atoms with Gasteiger partial charge in [-0.05, 0) is 17.0 Å². The fourth-order valence-corrected chi connectivity index (χ4v) is 3.37. The molecular weight excluding hydrogens is 424 g/mol. The summed E-state index contributed by atoms with van der Waals surface area (Å²) in [5.74, 6) is -4.65. The molecule has 31 heavy (non-hydrogen) atoms. The maximum Gasteiger partial charge on any atom is 0.454 e. The summed E-state index contributed by atoms with van der Waals surface area (Å²) in [6.45, 7) is 0.0789. The van der Waals surface area contributed by atoms with Crippen LogP contribution in [0, 0.1) is 0 Å². The molecule has 0 spiro atoms. The van der Waals surface area contributed by atoms with E-state index in [0.29, 0.717) is 11.6 Å². The van der Waals surface area contributed by atoms with Crippen LogP contribution in [-0.2, 0) is 6.54 Å². The third-order valence-corrected chi connectivity index (χ3v) is 4.66. The van der Waals surface area contributed by atoms with Crippen molar-refractivity contribution in [3.8, 4) is 0 Å². The molecule has 3 aromatic rings. The molecule has 0 heterocycles. The van der Waals surface area contributed by atoms with Crippen molar-refractivity contribution in [3.63, 3.8) is 0 Å². The molecule has 162 valence electrons. The minimum atomic E-state index is -5.34. The zero-order valence-electron chi connectivity index (χ0n) is 16.0. The van der Waals surface area contributed by atoms with Gasteiger partial charge in [0.05, 0.1) is 11.3 Å². The van der Waals surface area contributed by atoms with E-state index in [1.54, 1.807) is 30.3 Å². The van der Waals surface area contributed by atoms with E-state index in [9.17, 15) is 35.9 Å². The number of alkyl halides is 6. The van der Waals surface area contributed by atoms with E-state index in [4.69, 9.17) is 0 Å². The van der Waals surface area contributed by atoms with E-state index < -0.39 is 35.0 Å². The fraction of sp³-hybridized carbons (Fsp3) is 0.182. The minimum absolute atomic E-state index is 0.0661. The molecule has 0 atom stereocenters. The lowest BCUT2D eigenvalue weighted by Gasteiger charge is -2.26. The third-order valence-electron chi connectivity index (χ3n) is 4.66. The summed E-state index contributed by atoms with van der Waals surface area (Å²) in [5.41, 5.74) is -1.53. The van der Waals surface area contributed by atoms with Gasteiger partial charge in [0.1, 0.15) is 0 Å². The van der Waals surface area contributed by atoms with Gasteiger partial charge < -0.3 is 4.90 Å². The molecule has 3 nitrogen and oxygen atoms in total. The van der Waals surface area contributed by atoms with Gasteiger partial charge in [-0.3, -0.25) is 9.59 Å². The number of hydrogen-bond donors (Lipinski definition) is 0. The summed E-state index contributed by atoms with van der Waals surface area (Å²) in [6.07, 6.45) is -10.7. The van der Waals surface area contributed by atoms with Crippen molar-refractivity contribution in [2.75, 3.05) is 11.9 Å². The van der Waals surface area contributed by atoms with Crippen LogP contribution in [0.4, 0.5) is 32.0 Å². The first-order valence-corrected chi connectivity index (χ1v) is 8.95. The van der Waals surface area contributed by atoms with Gasteiger partial charge in [-0.2, -0.15) is 26.3 Å². The van der Waals surface area contributed by atoms with Crippen LogP contribution in [0.2, 0.25) is 0 Å². The second kappa shape index (κ2) is 8.05. The maximum atomic E-state index is 13.3. The van der Waals surface area contributed by atoms with Gasteiger partial charge >= 0.3 is 12.4 Å². The topological polar surface area (TPSA) is 37.4 Å². The molecule has 0 saturated carbocycles. The molecule has 0 fully saturated rings. The van der Waals surface area contributed by atoms with Gasteiger partial charge in [0.25, 0.3) is 11.6 Å². The summed E-state index contributed by atoms with van der Waals surface area (Å²) >= 11 is 0. The van der Waals surface area contributed by atoms with Crippen molar-refractivity contribution in [2.45, 2.75) is 18.9 Å². The smallest absolute Gasteiger partial charge is 0.369 e. The first-order valence-electron chi connectivity index (χ1n) is 8.95. The quantitative estimate of drug-likeness (QED) is 0.363. The number of fused-ring (bicyclic) bond motifs is 1. The van der Waals surface area contributed by atoms with Crippen molar-refractivity contribution >= 4 is 28.0 Å². The third kappa shape index (κ3) is 4.55. The predicted octanol–water partition coefficient (Wildman–Crippen LogP) is 5.97. The number of benzene rings is 3. The lowest BCUT2D eigenvalue weighted by molar-refractivity contribution is -0.0886. The zero-order chi connectivity index (χ0) is 23.0. The average Bonchev–Trinajstić information content (AvgIpc) is 2.70. The predicted molar refractivity (Wildman–Crippen MR) is 103 cm³/mol. The normalized spacial score (nSPS) is 12.1. The molecule has 0 unspecified atom stereocenters. The molecule has 0 aliphatic rings. The van der Waals surface area contributed by atoms with E-state index >= 15 is 0 Å². The molecule has 0 aliphatic carbocycles. The summed E-state index contributed by atoms with van der Waals surface area (Å²) in [5, 5.41) is -0.262. The number of rotatable bonds is 5. The van der Waals surface area contributed by atoms with Gasteiger partial charge in [-0.15, -0.1) is 0 Å². The highest BCUT2D eigenvalue weighted by atomic mass is 19.4. The van der Waals surface area contributed by atoms with Crippen LogP contribution >= 0.6 is 0 Å². The largest absolute Gasteiger partial charge is 0.454 e. The Bertz CT molecular complexity index is 1140. The SMILES string of the molecule is CN(Cc1ccccc1)c1c(C(=O)C(F)(F)F)cc(C(=O)C(F)(F)F)c2ccccc12. The molecule has 0 radical (unpaired) electrons. The zero-order valence-corrected chi connectivity index (χ0v) is 16.0. The van der Waals surface area contributed by atoms with Crippen LogP contribution in [0.15, 0.2) is 60.7 Å². The Kier molecular flexibility index (Phi) is 5.80. The maximum absolute atomic E-state index is 13.3. The molecule has 9 heteroatoms. The number of nitrogens with zero attached hydrogens (tertiary/aromatic N) is 1. The molecule has 0 aromatic heterocycles. The molecule has 0 aliphatic heterocycles. The molecule has 0 bridgehead atoms. The first-order chi connectivity index (χ1) is 14.4.